The Morgan fingerprint density at radius 2 is 1.85 bits per heavy atom. The lowest BCUT2D eigenvalue weighted by atomic mass is 10.1. The Kier molecular flexibility index (Phi) is 5.21. The third kappa shape index (κ3) is 4.19. The third-order valence-electron chi connectivity index (χ3n) is 5.22. The molecular weight excluding hydrogens is 341 g/mol. The predicted molar refractivity (Wildman–Crippen MR) is 108 cm³/mol. The van der Waals surface area contributed by atoms with Crippen molar-refractivity contribution in [3.8, 4) is 5.88 Å². The molecule has 0 unspecified atom stereocenters. The smallest absolute Gasteiger partial charge is 0.198 e. The summed E-state index contributed by atoms with van der Waals surface area (Å²) in [6.07, 6.45) is 6.68. The first-order valence-corrected chi connectivity index (χ1v) is 9.54. The minimum atomic E-state index is -0.340. The molecule has 2 heterocycles. The summed E-state index contributed by atoms with van der Waals surface area (Å²) in [5.41, 5.74) is 3.26. The summed E-state index contributed by atoms with van der Waals surface area (Å²) >= 11 is 0. The van der Waals surface area contributed by atoms with Crippen LogP contribution in [0.1, 0.15) is 30.4 Å². The van der Waals surface area contributed by atoms with E-state index < -0.39 is 0 Å². The van der Waals surface area contributed by atoms with Gasteiger partial charge in [-0.2, -0.15) is 0 Å². The molecule has 2 N–H and O–H groups in total. The van der Waals surface area contributed by atoms with Crippen molar-refractivity contribution in [1.29, 1.82) is 0 Å². The van der Waals surface area contributed by atoms with Crippen LogP contribution in [0.25, 0.3) is 10.9 Å². The Morgan fingerprint density at radius 3 is 2.63 bits per heavy atom. The van der Waals surface area contributed by atoms with Crippen LogP contribution in [0.15, 0.2) is 47.5 Å². The van der Waals surface area contributed by atoms with Gasteiger partial charge in [-0.3, -0.25) is 4.99 Å². The fraction of sp³-hybridized carbons (Fsp3) is 0.318. The summed E-state index contributed by atoms with van der Waals surface area (Å²) in [5, 5.41) is 10.8. The number of aliphatic imine (C=N–C) groups is 1. The first-order valence-electron chi connectivity index (χ1n) is 9.54. The van der Waals surface area contributed by atoms with Crippen LogP contribution in [0.2, 0.25) is 0 Å². The molecule has 3 aromatic rings. The van der Waals surface area contributed by atoms with Gasteiger partial charge >= 0.3 is 0 Å². The van der Waals surface area contributed by atoms with E-state index in [1.54, 1.807) is 12.3 Å². The molecule has 0 bridgehead atoms. The van der Waals surface area contributed by atoms with Crippen molar-refractivity contribution < 1.29 is 9.50 Å². The molecule has 0 aliphatic carbocycles. The number of halogens is 1. The molecule has 1 aromatic heterocycles. The molecule has 1 aliphatic rings. The Hall–Kier alpha value is -2.66. The molecule has 0 spiro atoms. The predicted octanol–water partition coefficient (Wildman–Crippen LogP) is 4.79. The zero-order valence-corrected chi connectivity index (χ0v) is 15.3. The lowest BCUT2D eigenvalue weighted by Gasteiger charge is -2.26. The number of likely N-dealkylation sites (tertiary alicyclic amines) is 1. The lowest BCUT2D eigenvalue weighted by Crippen LogP contribution is -2.31. The topological polar surface area (TPSA) is 51.6 Å². The molecular formula is C22H24FN3O. The van der Waals surface area contributed by atoms with E-state index in [4.69, 9.17) is 0 Å². The van der Waals surface area contributed by atoms with Crippen molar-refractivity contribution in [1.82, 2.24) is 9.88 Å². The highest BCUT2D eigenvalue weighted by Gasteiger charge is 2.10. The first kappa shape index (κ1) is 17.7. The van der Waals surface area contributed by atoms with Gasteiger partial charge < -0.3 is 15.0 Å². The normalized spacial score (nSPS) is 15.7. The van der Waals surface area contributed by atoms with Crippen molar-refractivity contribution in [3.05, 3.63) is 59.4 Å². The highest BCUT2D eigenvalue weighted by atomic mass is 19.1. The van der Waals surface area contributed by atoms with E-state index in [0.29, 0.717) is 11.1 Å². The Bertz CT molecular complexity index is 940. The fourth-order valence-electron chi connectivity index (χ4n) is 3.67. The molecule has 4 nitrogen and oxygen atoms in total. The molecule has 2 aromatic carbocycles. The summed E-state index contributed by atoms with van der Waals surface area (Å²) in [5.74, 6) is -0.343. The standard InChI is InChI=1S/C22H24FN3O/c23-17-6-9-19-20(22(27)25-21(19)14-17)15-24-18-7-4-16(5-8-18)10-13-26-11-2-1-3-12-26/h4-9,14-15,25,27H,1-3,10-13H2. The molecule has 1 fully saturated rings. The zero-order valence-electron chi connectivity index (χ0n) is 15.3. The van der Waals surface area contributed by atoms with Crippen LogP contribution in [-0.2, 0) is 6.42 Å². The number of hydrogen-bond acceptors (Lipinski definition) is 3. The zero-order chi connectivity index (χ0) is 18.6. The molecule has 140 valence electrons. The van der Waals surface area contributed by atoms with E-state index in [1.165, 1.54) is 50.0 Å². The number of piperidine rings is 1. The van der Waals surface area contributed by atoms with Crippen molar-refractivity contribution in [2.24, 2.45) is 4.99 Å². The van der Waals surface area contributed by atoms with Crippen molar-refractivity contribution >= 4 is 22.8 Å². The number of benzene rings is 2. The number of aromatic hydroxyl groups is 1. The summed E-state index contributed by atoms with van der Waals surface area (Å²) in [7, 11) is 0. The number of fused-ring (bicyclic) bond motifs is 1. The molecule has 1 saturated heterocycles. The summed E-state index contributed by atoms with van der Waals surface area (Å²) in [6.45, 7) is 3.56. The quantitative estimate of drug-likeness (QED) is 0.639. The minimum Gasteiger partial charge on any atom is -0.494 e. The van der Waals surface area contributed by atoms with Crippen molar-refractivity contribution in [3.63, 3.8) is 0 Å². The number of hydrogen-bond donors (Lipinski definition) is 2. The van der Waals surface area contributed by atoms with Crippen LogP contribution in [0.5, 0.6) is 5.88 Å². The lowest BCUT2D eigenvalue weighted by molar-refractivity contribution is 0.231. The van der Waals surface area contributed by atoms with Crippen LogP contribution in [0, 0.1) is 5.82 Å². The van der Waals surface area contributed by atoms with Gasteiger partial charge in [-0.1, -0.05) is 18.6 Å². The van der Waals surface area contributed by atoms with Gasteiger partial charge in [-0.25, -0.2) is 4.39 Å². The second kappa shape index (κ2) is 7.92. The van der Waals surface area contributed by atoms with Crippen molar-refractivity contribution in [2.45, 2.75) is 25.7 Å². The number of rotatable bonds is 5. The average Bonchev–Trinajstić information content (AvgIpc) is 3.00. The monoisotopic (exact) mass is 365 g/mol. The number of nitrogens with zero attached hydrogens (tertiary/aromatic N) is 2. The first-order chi connectivity index (χ1) is 13.2. The van der Waals surface area contributed by atoms with Gasteiger partial charge in [0.15, 0.2) is 5.88 Å². The maximum Gasteiger partial charge on any atom is 0.198 e. The molecule has 0 amide bonds. The second-order valence-corrected chi connectivity index (χ2v) is 7.15. The number of aromatic nitrogens is 1. The molecule has 27 heavy (non-hydrogen) atoms. The highest BCUT2D eigenvalue weighted by Crippen LogP contribution is 2.27. The van der Waals surface area contributed by atoms with Crippen LogP contribution in [0.4, 0.5) is 10.1 Å². The van der Waals surface area contributed by atoms with E-state index in [0.717, 1.165) is 24.0 Å². The van der Waals surface area contributed by atoms with E-state index in [-0.39, 0.29) is 11.7 Å². The summed E-state index contributed by atoms with van der Waals surface area (Å²) in [6, 6.07) is 12.6. The van der Waals surface area contributed by atoms with Gasteiger partial charge in [0.2, 0.25) is 0 Å². The Balaban J connectivity index is 1.43. The number of nitrogens with one attached hydrogen (secondary N) is 1. The van der Waals surface area contributed by atoms with Gasteiger partial charge in [0.05, 0.1) is 16.8 Å². The fourth-order valence-corrected chi connectivity index (χ4v) is 3.67. The van der Waals surface area contributed by atoms with Gasteiger partial charge in [0.1, 0.15) is 5.82 Å². The molecule has 0 saturated carbocycles. The number of H-pyrrole nitrogens is 1. The van der Waals surface area contributed by atoms with E-state index in [2.05, 4.69) is 27.0 Å². The maximum atomic E-state index is 13.3. The summed E-state index contributed by atoms with van der Waals surface area (Å²) < 4.78 is 13.3. The molecule has 4 rings (SSSR count). The number of aromatic amines is 1. The van der Waals surface area contributed by atoms with Crippen LogP contribution >= 0.6 is 0 Å². The van der Waals surface area contributed by atoms with Crippen LogP contribution in [-0.4, -0.2) is 40.8 Å². The molecule has 5 heteroatoms. The second-order valence-electron chi connectivity index (χ2n) is 7.15. The van der Waals surface area contributed by atoms with Gasteiger partial charge in [0, 0.05) is 18.1 Å². The average molecular weight is 365 g/mol. The SMILES string of the molecule is Oc1[nH]c2cc(F)ccc2c1C=Nc1ccc(CCN2CCCCC2)cc1. The van der Waals surface area contributed by atoms with Gasteiger partial charge in [-0.15, -0.1) is 0 Å². The van der Waals surface area contributed by atoms with Crippen LogP contribution < -0.4 is 0 Å². The Morgan fingerprint density at radius 1 is 1.07 bits per heavy atom. The largest absolute Gasteiger partial charge is 0.494 e. The minimum absolute atomic E-state index is 0.00231. The van der Waals surface area contributed by atoms with Gasteiger partial charge in [0.25, 0.3) is 0 Å². The Labute approximate surface area is 158 Å². The van der Waals surface area contributed by atoms with E-state index >= 15 is 0 Å². The maximum absolute atomic E-state index is 13.3. The van der Waals surface area contributed by atoms with Crippen molar-refractivity contribution in [2.75, 3.05) is 19.6 Å². The van der Waals surface area contributed by atoms with Crippen LogP contribution in [0.3, 0.4) is 0 Å². The third-order valence-corrected chi connectivity index (χ3v) is 5.22. The van der Waals surface area contributed by atoms with E-state index in [1.807, 2.05) is 12.1 Å². The van der Waals surface area contributed by atoms with E-state index in [9.17, 15) is 9.50 Å². The highest BCUT2D eigenvalue weighted by molar-refractivity contribution is 6.02. The molecule has 1 aliphatic heterocycles. The summed E-state index contributed by atoms with van der Waals surface area (Å²) in [4.78, 5) is 9.78. The molecule has 0 atom stereocenters. The molecule has 0 radical (unpaired) electrons. The van der Waals surface area contributed by atoms with Gasteiger partial charge in [-0.05, 0) is 68.2 Å².